The molecule has 0 spiro atoms. The number of hydrogen-bond donors (Lipinski definition) is 1. The molecular formula is C12H24N2S. The highest BCUT2D eigenvalue weighted by Gasteiger charge is 2.30. The van der Waals surface area contributed by atoms with Crippen molar-refractivity contribution >= 4 is 17.6 Å². The third-order valence-electron chi connectivity index (χ3n) is 3.27. The first-order valence-corrected chi connectivity index (χ1v) is 7.29. The van der Waals surface area contributed by atoms with Crippen LogP contribution in [0.1, 0.15) is 51.9 Å². The van der Waals surface area contributed by atoms with Gasteiger partial charge in [-0.15, -0.1) is 0 Å². The molecule has 15 heavy (non-hydrogen) atoms. The van der Waals surface area contributed by atoms with E-state index in [-0.39, 0.29) is 0 Å². The van der Waals surface area contributed by atoms with E-state index in [1.807, 2.05) is 11.8 Å². The molecule has 0 aromatic rings. The van der Waals surface area contributed by atoms with E-state index in [9.17, 15) is 0 Å². The summed E-state index contributed by atoms with van der Waals surface area (Å²) < 4.78 is 0.399. The van der Waals surface area contributed by atoms with Crippen molar-refractivity contribution in [1.82, 2.24) is 0 Å². The average molecular weight is 228 g/mol. The molecule has 0 aliphatic heterocycles. The van der Waals surface area contributed by atoms with Crippen molar-refractivity contribution in [1.29, 1.82) is 0 Å². The van der Waals surface area contributed by atoms with Gasteiger partial charge in [0.15, 0.2) is 0 Å². The Morgan fingerprint density at radius 3 is 2.53 bits per heavy atom. The molecule has 0 atom stereocenters. The van der Waals surface area contributed by atoms with Crippen molar-refractivity contribution in [3.8, 4) is 0 Å². The maximum Gasteiger partial charge on any atom is 0.0937 e. The van der Waals surface area contributed by atoms with Gasteiger partial charge in [0.05, 0.1) is 12.4 Å². The van der Waals surface area contributed by atoms with Crippen molar-refractivity contribution in [2.24, 2.45) is 10.7 Å². The summed E-state index contributed by atoms with van der Waals surface area (Å²) in [6.07, 6.45) is 11.0. The van der Waals surface area contributed by atoms with Crippen LogP contribution in [0.25, 0.3) is 0 Å². The minimum absolute atomic E-state index is 0.399. The molecule has 3 heteroatoms. The van der Waals surface area contributed by atoms with Gasteiger partial charge in [0, 0.05) is 11.2 Å². The van der Waals surface area contributed by atoms with E-state index in [0.29, 0.717) is 4.75 Å². The molecule has 1 aliphatic rings. The second-order valence-corrected chi connectivity index (χ2v) is 5.78. The van der Waals surface area contributed by atoms with E-state index in [4.69, 9.17) is 5.73 Å². The Bertz CT molecular complexity index is 208. The van der Waals surface area contributed by atoms with Crippen LogP contribution in [0.4, 0.5) is 0 Å². The van der Waals surface area contributed by atoms with Gasteiger partial charge in [0.25, 0.3) is 0 Å². The van der Waals surface area contributed by atoms with Crippen LogP contribution >= 0.6 is 11.8 Å². The molecule has 1 saturated carbocycles. The first kappa shape index (κ1) is 12.9. The van der Waals surface area contributed by atoms with Crippen LogP contribution < -0.4 is 5.73 Å². The van der Waals surface area contributed by atoms with E-state index >= 15 is 0 Å². The molecule has 0 saturated heterocycles. The lowest BCUT2D eigenvalue weighted by Crippen LogP contribution is -2.32. The Hall–Kier alpha value is -0.180. The second kappa shape index (κ2) is 6.41. The van der Waals surface area contributed by atoms with Gasteiger partial charge in [-0.25, -0.2) is 0 Å². The highest BCUT2D eigenvalue weighted by Crippen LogP contribution is 2.38. The summed E-state index contributed by atoms with van der Waals surface area (Å²) in [5.74, 6) is 0.844. The number of nitrogens with zero attached hydrogens (tertiary/aromatic N) is 1. The fourth-order valence-electron chi connectivity index (χ4n) is 2.20. The molecule has 0 heterocycles. The SMILES string of the molecule is CCCC(N)=NCC1(SC)CCCCC1. The molecule has 0 bridgehead atoms. The highest BCUT2D eigenvalue weighted by atomic mass is 32.2. The van der Waals surface area contributed by atoms with Gasteiger partial charge >= 0.3 is 0 Å². The summed E-state index contributed by atoms with van der Waals surface area (Å²) in [4.78, 5) is 4.55. The molecule has 0 aromatic carbocycles. The lowest BCUT2D eigenvalue weighted by atomic mass is 9.88. The predicted octanol–water partition coefficient (Wildman–Crippen LogP) is 3.21. The molecule has 0 aromatic heterocycles. The van der Waals surface area contributed by atoms with Gasteiger partial charge in [0.2, 0.25) is 0 Å². The predicted molar refractivity (Wildman–Crippen MR) is 70.7 cm³/mol. The van der Waals surface area contributed by atoms with Crippen molar-refractivity contribution in [3.63, 3.8) is 0 Å². The van der Waals surface area contributed by atoms with E-state index in [1.54, 1.807) is 0 Å². The summed E-state index contributed by atoms with van der Waals surface area (Å²) in [5.41, 5.74) is 5.86. The monoisotopic (exact) mass is 228 g/mol. The van der Waals surface area contributed by atoms with Crippen LogP contribution in [-0.2, 0) is 0 Å². The maximum absolute atomic E-state index is 5.86. The first-order chi connectivity index (χ1) is 7.22. The lowest BCUT2D eigenvalue weighted by Gasteiger charge is -2.34. The quantitative estimate of drug-likeness (QED) is 0.579. The number of nitrogens with two attached hydrogens (primary N) is 1. The third-order valence-corrected chi connectivity index (χ3v) is 4.68. The molecule has 1 rings (SSSR count). The zero-order valence-corrected chi connectivity index (χ0v) is 10.9. The number of rotatable bonds is 5. The van der Waals surface area contributed by atoms with Crippen LogP contribution in [-0.4, -0.2) is 23.4 Å². The van der Waals surface area contributed by atoms with E-state index in [0.717, 1.165) is 25.2 Å². The molecular weight excluding hydrogens is 204 g/mol. The smallest absolute Gasteiger partial charge is 0.0937 e. The summed E-state index contributed by atoms with van der Waals surface area (Å²) in [7, 11) is 0. The summed E-state index contributed by atoms with van der Waals surface area (Å²) >= 11 is 1.99. The van der Waals surface area contributed by atoms with Crippen molar-refractivity contribution < 1.29 is 0 Å². The molecule has 1 fully saturated rings. The van der Waals surface area contributed by atoms with Gasteiger partial charge in [-0.3, -0.25) is 4.99 Å². The zero-order chi connectivity index (χ0) is 11.1. The molecule has 0 radical (unpaired) electrons. The van der Waals surface area contributed by atoms with E-state index < -0.39 is 0 Å². The number of amidine groups is 1. The van der Waals surface area contributed by atoms with Crippen molar-refractivity contribution in [3.05, 3.63) is 0 Å². The van der Waals surface area contributed by atoms with Crippen LogP contribution in [0, 0.1) is 0 Å². The van der Waals surface area contributed by atoms with Gasteiger partial charge in [0.1, 0.15) is 0 Å². The molecule has 88 valence electrons. The van der Waals surface area contributed by atoms with E-state index in [1.165, 1.54) is 32.1 Å². The Kier molecular flexibility index (Phi) is 5.51. The van der Waals surface area contributed by atoms with Crippen LogP contribution in [0.3, 0.4) is 0 Å². The minimum atomic E-state index is 0.399. The first-order valence-electron chi connectivity index (χ1n) is 6.06. The summed E-state index contributed by atoms with van der Waals surface area (Å²) in [5, 5.41) is 0. The number of aliphatic imine (C=N–C) groups is 1. The Balaban J connectivity index is 2.48. The van der Waals surface area contributed by atoms with E-state index in [2.05, 4.69) is 18.2 Å². The van der Waals surface area contributed by atoms with Gasteiger partial charge in [-0.2, -0.15) is 11.8 Å². The highest BCUT2D eigenvalue weighted by molar-refractivity contribution is 8.00. The summed E-state index contributed by atoms with van der Waals surface area (Å²) in [6.45, 7) is 3.08. The van der Waals surface area contributed by atoms with Crippen molar-refractivity contribution in [2.45, 2.75) is 56.6 Å². The Labute approximate surface area is 98.1 Å². The van der Waals surface area contributed by atoms with Gasteiger partial charge in [-0.05, 0) is 25.5 Å². The van der Waals surface area contributed by atoms with Crippen molar-refractivity contribution in [2.75, 3.05) is 12.8 Å². The number of hydrogen-bond acceptors (Lipinski definition) is 2. The molecule has 2 nitrogen and oxygen atoms in total. The van der Waals surface area contributed by atoms with Gasteiger partial charge in [-0.1, -0.05) is 26.2 Å². The topological polar surface area (TPSA) is 38.4 Å². The minimum Gasteiger partial charge on any atom is -0.387 e. The third kappa shape index (κ3) is 4.06. The average Bonchev–Trinajstić information content (AvgIpc) is 2.28. The molecule has 2 N–H and O–H groups in total. The van der Waals surface area contributed by atoms with Crippen LogP contribution in [0.15, 0.2) is 4.99 Å². The fraction of sp³-hybridized carbons (Fsp3) is 0.917. The molecule has 0 unspecified atom stereocenters. The fourth-order valence-corrected chi connectivity index (χ4v) is 3.09. The standard InChI is InChI=1S/C12H24N2S/c1-3-7-11(13)14-10-12(15-2)8-5-4-6-9-12/h3-10H2,1-2H3,(H2,13,14). The molecule has 1 aliphatic carbocycles. The maximum atomic E-state index is 5.86. The normalized spacial score (nSPS) is 21.6. The van der Waals surface area contributed by atoms with Crippen LogP contribution in [0.5, 0.6) is 0 Å². The Morgan fingerprint density at radius 2 is 2.00 bits per heavy atom. The molecule has 0 amide bonds. The second-order valence-electron chi connectivity index (χ2n) is 4.51. The summed E-state index contributed by atoms with van der Waals surface area (Å²) in [6, 6.07) is 0. The van der Waals surface area contributed by atoms with Gasteiger partial charge < -0.3 is 5.73 Å². The Morgan fingerprint density at radius 1 is 1.33 bits per heavy atom. The largest absolute Gasteiger partial charge is 0.387 e. The van der Waals surface area contributed by atoms with Crippen LogP contribution in [0.2, 0.25) is 0 Å². The zero-order valence-electron chi connectivity index (χ0n) is 10.1. The number of thioether (sulfide) groups is 1. The lowest BCUT2D eigenvalue weighted by molar-refractivity contribution is 0.405.